The molecule has 0 atom stereocenters. The van der Waals surface area contributed by atoms with Crippen LogP contribution < -0.4 is 4.72 Å². The van der Waals surface area contributed by atoms with Crippen LogP contribution in [0.5, 0.6) is 0 Å². The third-order valence-electron chi connectivity index (χ3n) is 5.30. The van der Waals surface area contributed by atoms with Gasteiger partial charge in [-0.15, -0.1) is 0 Å². The second-order valence-corrected chi connectivity index (χ2v) is 10.6. The lowest BCUT2D eigenvalue weighted by Crippen LogP contribution is -2.20. The van der Waals surface area contributed by atoms with Crippen molar-refractivity contribution in [3.8, 4) is 11.3 Å². The highest BCUT2D eigenvalue weighted by atomic mass is 35.5. The summed E-state index contributed by atoms with van der Waals surface area (Å²) in [6.07, 6.45) is 4.84. The van der Waals surface area contributed by atoms with Crippen molar-refractivity contribution in [1.29, 1.82) is 0 Å². The van der Waals surface area contributed by atoms with Crippen LogP contribution in [0.15, 0.2) is 71.2 Å². The third-order valence-corrected chi connectivity index (χ3v) is 7.13. The van der Waals surface area contributed by atoms with Gasteiger partial charge in [-0.3, -0.25) is 4.72 Å². The van der Waals surface area contributed by atoms with Crippen LogP contribution >= 0.6 is 11.6 Å². The number of fused-ring (bicyclic) bond motifs is 1. The monoisotopic (exact) mass is 441 g/mol. The Labute approximate surface area is 182 Å². The van der Waals surface area contributed by atoms with Crippen LogP contribution in [0.2, 0.25) is 5.02 Å². The van der Waals surface area contributed by atoms with Gasteiger partial charge >= 0.3 is 0 Å². The molecule has 3 aromatic rings. The molecule has 1 aromatic carbocycles. The van der Waals surface area contributed by atoms with Crippen LogP contribution in [0.4, 0.5) is 5.82 Å². The summed E-state index contributed by atoms with van der Waals surface area (Å²) < 4.78 is 30.3. The molecular weight excluding hydrogens is 418 g/mol. The Morgan fingerprint density at radius 3 is 2.40 bits per heavy atom. The van der Waals surface area contributed by atoms with Gasteiger partial charge in [0.25, 0.3) is 10.0 Å². The van der Waals surface area contributed by atoms with Gasteiger partial charge in [0.1, 0.15) is 5.82 Å². The molecule has 1 N–H and O–H groups in total. The molecule has 0 unspecified atom stereocenters. The maximum atomic E-state index is 13.0. The summed E-state index contributed by atoms with van der Waals surface area (Å²) in [5, 5.41) is 5.09. The van der Waals surface area contributed by atoms with E-state index in [1.54, 1.807) is 22.7 Å². The van der Waals surface area contributed by atoms with Gasteiger partial charge in [-0.05, 0) is 42.5 Å². The predicted octanol–water partition coefficient (Wildman–Crippen LogP) is 6.05. The Morgan fingerprint density at radius 1 is 1.03 bits per heavy atom. The molecule has 2 aromatic heterocycles. The maximum absolute atomic E-state index is 13.0. The number of nitrogens with one attached hydrogen (secondary N) is 1. The number of rotatable bonds is 4. The van der Waals surface area contributed by atoms with Crippen LogP contribution in [-0.2, 0) is 10.0 Å². The summed E-state index contributed by atoms with van der Waals surface area (Å²) in [7, 11) is -3.70. The van der Waals surface area contributed by atoms with Crippen LogP contribution in [0.1, 0.15) is 33.6 Å². The molecule has 0 fully saturated rings. The molecule has 2 heterocycles. The maximum Gasteiger partial charge on any atom is 0.259 e. The van der Waals surface area contributed by atoms with Crippen molar-refractivity contribution in [3.63, 3.8) is 0 Å². The van der Waals surface area contributed by atoms with Crippen molar-refractivity contribution < 1.29 is 8.42 Å². The van der Waals surface area contributed by atoms with E-state index in [1.165, 1.54) is 5.57 Å². The summed E-state index contributed by atoms with van der Waals surface area (Å²) in [6.45, 7) is 6.41. The molecule has 1 aliphatic rings. The van der Waals surface area contributed by atoms with Crippen LogP contribution in [0, 0.1) is 5.41 Å². The van der Waals surface area contributed by atoms with Crippen LogP contribution in [0.3, 0.4) is 0 Å². The van der Waals surface area contributed by atoms with Crippen molar-refractivity contribution >= 4 is 33.0 Å². The normalized spacial score (nSPS) is 15.1. The molecular formula is C23H24ClN3O2S. The first-order chi connectivity index (χ1) is 14.1. The van der Waals surface area contributed by atoms with E-state index in [4.69, 9.17) is 11.6 Å². The van der Waals surface area contributed by atoms with E-state index in [0.29, 0.717) is 27.7 Å². The Hall–Kier alpha value is -2.57. The van der Waals surface area contributed by atoms with Gasteiger partial charge in [0.2, 0.25) is 0 Å². The number of hydrogen-bond donors (Lipinski definition) is 1. The lowest BCUT2D eigenvalue weighted by Gasteiger charge is -2.26. The van der Waals surface area contributed by atoms with Gasteiger partial charge < -0.3 is 0 Å². The first kappa shape index (κ1) is 20.7. The molecule has 30 heavy (non-hydrogen) atoms. The molecule has 0 amide bonds. The van der Waals surface area contributed by atoms with Gasteiger partial charge in [-0.2, -0.15) is 5.10 Å². The molecule has 156 valence electrons. The number of benzene rings is 1. The van der Waals surface area contributed by atoms with E-state index in [0.717, 1.165) is 17.7 Å². The van der Waals surface area contributed by atoms with Crippen molar-refractivity contribution in [1.82, 2.24) is 9.61 Å². The second kappa shape index (κ2) is 7.60. The van der Waals surface area contributed by atoms with Crippen LogP contribution in [-0.4, -0.2) is 18.0 Å². The summed E-state index contributed by atoms with van der Waals surface area (Å²) in [5.41, 5.74) is 3.57. The second-order valence-electron chi connectivity index (χ2n) is 8.44. The molecule has 0 aliphatic heterocycles. The fourth-order valence-electron chi connectivity index (χ4n) is 3.54. The minimum Gasteiger partial charge on any atom is -0.264 e. The topological polar surface area (TPSA) is 63.5 Å². The zero-order valence-corrected chi connectivity index (χ0v) is 18.8. The number of hydrogen-bond acceptors (Lipinski definition) is 3. The average Bonchev–Trinajstić information content (AvgIpc) is 3.17. The summed E-state index contributed by atoms with van der Waals surface area (Å²) in [5.74, 6) is 0.350. The molecule has 0 bridgehead atoms. The molecule has 1 aliphatic carbocycles. The smallest absolute Gasteiger partial charge is 0.259 e. The molecule has 0 saturated heterocycles. The number of halogens is 1. The number of pyridine rings is 1. The fraction of sp³-hybridized carbons (Fsp3) is 0.261. The first-order valence-corrected chi connectivity index (χ1v) is 11.7. The van der Waals surface area contributed by atoms with E-state index >= 15 is 0 Å². The summed E-state index contributed by atoms with van der Waals surface area (Å²) >= 11 is 6.35. The Balaban J connectivity index is 1.70. The van der Waals surface area contributed by atoms with Gasteiger partial charge in [-0.25, -0.2) is 12.9 Å². The minimum absolute atomic E-state index is 0.0322. The fourth-order valence-corrected chi connectivity index (χ4v) is 4.92. The third kappa shape index (κ3) is 4.02. The highest BCUT2D eigenvalue weighted by Gasteiger charge is 2.25. The number of nitrogens with zero attached hydrogens (tertiary/aromatic N) is 2. The highest BCUT2D eigenvalue weighted by molar-refractivity contribution is 7.96. The summed E-state index contributed by atoms with van der Waals surface area (Å²) in [4.78, 5) is 0.369. The Kier molecular flexibility index (Phi) is 5.24. The van der Waals surface area contributed by atoms with E-state index in [9.17, 15) is 8.42 Å². The van der Waals surface area contributed by atoms with E-state index in [1.807, 2.05) is 42.5 Å². The standard InChI is InChI=1S/C23H24ClN3O2S/c1-23(2,3)17-9-11-18(12-10-17)30(28,29)26-22-14-13-19(24)21-15-20(25-27(21)22)16-7-5-4-6-8-16/h4-9,11,13-15,26H,10,12H2,1-3H3. The van der Waals surface area contributed by atoms with Gasteiger partial charge in [-0.1, -0.05) is 74.4 Å². The largest absolute Gasteiger partial charge is 0.264 e. The van der Waals surface area contributed by atoms with Crippen molar-refractivity contribution in [2.75, 3.05) is 4.72 Å². The first-order valence-electron chi connectivity index (χ1n) is 9.82. The minimum atomic E-state index is -3.70. The van der Waals surface area contributed by atoms with Crippen molar-refractivity contribution in [3.05, 3.63) is 76.2 Å². The Bertz CT molecular complexity index is 1270. The molecule has 0 spiro atoms. The van der Waals surface area contributed by atoms with E-state index < -0.39 is 10.0 Å². The van der Waals surface area contributed by atoms with Gasteiger partial charge in [0.15, 0.2) is 0 Å². The lowest BCUT2D eigenvalue weighted by atomic mass is 9.82. The number of aromatic nitrogens is 2. The summed E-state index contributed by atoms with van der Waals surface area (Å²) in [6, 6.07) is 14.9. The lowest BCUT2D eigenvalue weighted by molar-refractivity contribution is 0.480. The molecule has 7 heteroatoms. The predicted molar refractivity (Wildman–Crippen MR) is 123 cm³/mol. The molecule has 0 radical (unpaired) electrons. The molecule has 4 rings (SSSR count). The number of allylic oxidation sites excluding steroid dienone is 4. The quantitative estimate of drug-likeness (QED) is 0.536. The van der Waals surface area contributed by atoms with Gasteiger partial charge in [0, 0.05) is 5.56 Å². The molecule has 0 saturated carbocycles. The van der Waals surface area contributed by atoms with E-state index in [2.05, 4.69) is 30.6 Å². The number of sulfonamides is 1. The number of anilines is 1. The zero-order valence-electron chi connectivity index (χ0n) is 17.2. The van der Waals surface area contributed by atoms with Crippen molar-refractivity contribution in [2.24, 2.45) is 5.41 Å². The van der Waals surface area contributed by atoms with E-state index in [-0.39, 0.29) is 5.41 Å². The highest BCUT2D eigenvalue weighted by Crippen LogP contribution is 2.35. The SMILES string of the molecule is CC(C)(C)C1=CC=C(S(=O)(=O)Nc2ccc(Cl)c3cc(-c4ccccc4)nn23)CC1. The zero-order chi connectivity index (χ0) is 21.5. The van der Waals surface area contributed by atoms with Crippen LogP contribution in [0.25, 0.3) is 16.8 Å². The average molecular weight is 442 g/mol. The Morgan fingerprint density at radius 2 is 1.77 bits per heavy atom. The van der Waals surface area contributed by atoms with Crippen molar-refractivity contribution in [2.45, 2.75) is 33.6 Å². The van der Waals surface area contributed by atoms with Gasteiger partial charge in [0.05, 0.1) is 21.1 Å². The molecule has 5 nitrogen and oxygen atoms in total.